The number of benzene rings is 3. The van der Waals surface area contributed by atoms with Gasteiger partial charge in [-0.3, -0.25) is 9.59 Å². The second-order valence-electron chi connectivity index (χ2n) is 7.45. The molecular formula is C25H22N4O4. The topological polar surface area (TPSA) is 123 Å². The molecular weight excluding hydrogens is 420 g/mol. The van der Waals surface area contributed by atoms with Gasteiger partial charge in [-0.2, -0.15) is 0 Å². The number of allylic oxidation sites excluding steroid dienone is 1. The first-order chi connectivity index (χ1) is 15.9. The molecule has 0 spiro atoms. The molecule has 8 heteroatoms. The summed E-state index contributed by atoms with van der Waals surface area (Å²) in [5, 5.41) is 8.77. The largest absolute Gasteiger partial charge is 0.465 e. The molecule has 0 fully saturated rings. The predicted octanol–water partition coefficient (Wildman–Crippen LogP) is 4.10. The molecule has 0 unspecified atom stereocenters. The number of rotatable bonds is 5. The van der Waals surface area contributed by atoms with Crippen molar-refractivity contribution in [2.75, 3.05) is 28.8 Å². The minimum Gasteiger partial charge on any atom is -0.465 e. The molecule has 3 aromatic carbocycles. The van der Waals surface area contributed by atoms with Crippen molar-refractivity contribution in [3.05, 3.63) is 89.1 Å². The first kappa shape index (κ1) is 21.6. The van der Waals surface area contributed by atoms with Crippen LogP contribution in [0, 0.1) is 0 Å². The van der Waals surface area contributed by atoms with Crippen LogP contribution < -0.4 is 21.7 Å². The second-order valence-corrected chi connectivity index (χ2v) is 7.45. The van der Waals surface area contributed by atoms with Gasteiger partial charge in [0.05, 0.1) is 29.6 Å². The monoisotopic (exact) mass is 442 g/mol. The number of carbonyl (C=O) groups excluding carboxylic acids is 3. The maximum Gasteiger partial charge on any atom is 0.337 e. The molecule has 2 amide bonds. The molecule has 1 aliphatic rings. The van der Waals surface area contributed by atoms with Gasteiger partial charge >= 0.3 is 5.97 Å². The van der Waals surface area contributed by atoms with E-state index < -0.39 is 5.97 Å². The van der Waals surface area contributed by atoms with E-state index in [9.17, 15) is 14.4 Å². The van der Waals surface area contributed by atoms with Crippen molar-refractivity contribution in [2.24, 2.45) is 0 Å². The van der Waals surface area contributed by atoms with Crippen LogP contribution in [-0.2, 0) is 9.53 Å². The molecule has 0 atom stereocenters. The Morgan fingerprint density at radius 1 is 0.939 bits per heavy atom. The first-order valence-corrected chi connectivity index (χ1v) is 10.2. The average molecular weight is 442 g/mol. The fourth-order valence-corrected chi connectivity index (χ4v) is 3.57. The molecule has 3 aromatic rings. The minimum absolute atomic E-state index is 0.270. The number of carbonyl (C=O) groups is 3. The molecule has 8 nitrogen and oxygen atoms in total. The van der Waals surface area contributed by atoms with Gasteiger partial charge in [0.1, 0.15) is 0 Å². The van der Waals surface area contributed by atoms with E-state index in [4.69, 9.17) is 10.5 Å². The summed E-state index contributed by atoms with van der Waals surface area (Å²) in [6.45, 7) is 1.77. The summed E-state index contributed by atoms with van der Waals surface area (Å²) in [4.78, 5) is 37.0. The molecule has 1 heterocycles. The van der Waals surface area contributed by atoms with Crippen LogP contribution >= 0.6 is 0 Å². The zero-order valence-electron chi connectivity index (χ0n) is 18.1. The Morgan fingerprint density at radius 3 is 2.33 bits per heavy atom. The van der Waals surface area contributed by atoms with Crippen LogP contribution in [0.3, 0.4) is 0 Å². The molecule has 0 bridgehead atoms. The summed E-state index contributed by atoms with van der Waals surface area (Å²) in [6.07, 6.45) is 0. The number of methoxy groups -OCH3 is 1. The van der Waals surface area contributed by atoms with Gasteiger partial charge in [-0.1, -0.05) is 12.1 Å². The van der Waals surface area contributed by atoms with Crippen LogP contribution in [0.5, 0.6) is 0 Å². The predicted molar refractivity (Wildman–Crippen MR) is 128 cm³/mol. The highest BCUT2D eigenvalue weighted by Crippen LogP contribution is 2.35. The number of nitrogens with two attached hydrogens (primary N) is 1. The van der Waals surface area contributed by atoms with Crippen LogP contribution in [0.15, 0.2) is 72.4 Å². The Kier molecular flexibility index (Phi) is 5.82. The molecule has 0 saturated heterocycles. The fraction of sp³-hybridized carbons (Fsp3) is 0.0800. The normalized spacial score (nSPS) is 13.6. The Bertz CT molecular complexity index is 1300. The third-order valence-corrected chi connectivity index (χ3v) is 5.25. The number of hydrogen-bond donors (Lipinski definition) is 4. The van der Waals surface area contributed by atoms with Gasteiger partial charge in [0.2, 0.25) is 0 Å². The number of ether oxygens (including phenoxy) is 1. The van der Waals surface area contributed by atoms with Gasteiger partial charge in [-0.05, 0) is 61.5 Å². The standard InChI is InChI=1S/C25H22N4O4/c1-14(22-18-13-16(25(32)33-2)9-12-20(18)28-24(22)31)27-17-10-7-15(8-11-17)23(30)29-21-6-4-3-5-19(21)26/h3-13,27H,26H2,1-2H3,(H,28,31)(H,29,30)/b22-14-. The Balaban J connectivity index is 1.54. The summed E-state index contributed by atoms with van der Waals surface area (Å²) in [5.41, 5.74) is 10.7. The number of nitrogens with one attached hydrogen (secondary N) is 3. The molecule has 0 radical (unpaired) electrons. The van der Waals surface area contributed by atoms with Crippen molar-refractivity contribution in [1.29, 1.82) is 0 Å². The van der Waals surface area contributed by atoms with Gasteiger partial charge in [-0.25, -0.2) is 4.79 Å². The van der Waals surface area contributed by atoms with E-state index in [0.717, 1.165) is 0 Å². The number of amides is 2. The number of fused-ring (bicyclic) bond motifs is 1. The van der Waals surface area contributed by atoms with Crippen molar-refractivity contribution >= 4 is 46.1 Å². The SMILES string of the molecule is COC(=O)c1ccc2c(c1)/C(=C(\C)Nc1ccc(C(=O)Nc3ccccc3N)cc1)C(=O)N2. The van der Waals surface area contributed by atoms with Crippen molar-refractivity contribution in [1.82, 2.24) is 0 Å². The van der Waals surface area contributed by atoms with Crippen LogP contribution in [0.2, 0.25) is 0 Å². The van der Waals surface area contributed by atoms with E-state index in [0.29, 0.717) is 50.7 Å². The first-order valence-electron chi connectivity index (χ1n) is 10.2. The lowest BCUT2D eigenvalue weighted by molar-refractivity contribution is -0.110. The maximum absolute atomic E-state index is 12.6. The molecule has 166 valence electrons. The van der Waals surface area contributed by atoms with Crippen LogP contribution in [0.25, 0.3) is 5.57 Å². The Hall–Kier alpha value is -4.59. The number of hydrogen-bond acceptors (Lipinski definition) is 6. The maximum atomic E-state index is 12.6. The average Bonchev–Trinajstić information content (AvgIpc) is 3.15. The van der Waals surface area contributed by atoms with Crippen molar-refractivity contribution in [2.45, 2.75) is 6.92 Å². The van der Waals surface area contributed by atoms with Crippen molar-refractivity contribution in [3.8, 4) is 0 Å². The van der Waals surface area contributed by atoms with E-state index in [1.165, 1.54) is 7.11 Å². The molecule has 0 saturated carbocycles. The van der Waals surface area contributed by atoms with Gasteiger partial charge in [0, 0.05) is 28.2 Å². The summed E-state index contributed by atoms with van der Waals surface area (Å²) >= 11 is 0. The second kappa shape index (κ2) is 8.88. The van der Waals surface area contributed by atoms with E-state index >= 15 is 0 Å². The fourth-order valence-electron chi connectivity index (χ4n) is 3.57. The zero-order valence-corrected chi connectivity index (χ0v) is 18.1. The molecule has 1 aliphatic heterocycles. The third kappa shape index (κ3) is 4.40. The molecule has 0 aliphatic carbocycles. The summed E-state index contributed by atoms with van der Waals surface area (Å²) in [7, 11) is 1.31. The lowest BCUT2D eigenvalue weighted by Gasteiger charge is -2.11. The van der Waals surface area contributed by atoms with E-state index in [1.807, 2.05) is 0 Å². The van der Waals surface area contributed by atoms with Crippen LogP contribution in [-0.4, -0.2) is 24.9 Å². The third-order valence-electron chi connectivity index (χ3n) is 5.25. The summed E-state index contributed by atoms with van der Waals surface area (Å²) in [5.74, 6) is -1.03. The lowest BCUT2D eigenvalue weighted by atomic mass is 10.0. The molecule has 4 rings (SSSR count). The van der Waals surface area contributed by atoms with Crippen molar-refractivity contribution in [3.63, 3.8) is 0 Å². The number of para-hydroxylation sites is 2. The quantitative estimate of drug-likeness (QED) is 0.268. The zero-order chi connectivity index (χ0) is 23.5. The Morgan fingerprint density at radius 2 is 1.64 bits per heavy atom. The summed E-state index contributed by atoms with van der Waals surface area (Å²) in [6, 6.07) is 18.8. The molecule has 33 heavy (non-hydrogen) atoms. The number of esters is 1. The van der Waals surface area contributed by atoms with Crippen molar-refractivity contribution < 1.29 is 19.1 Å². The van der Waals surface area contributed by atoms with E-state index in [1.54, 1.807) is 73.7 Å². The number of anilines is 4. The molecule has 5 N–H and O–H groups in total. The summed E-state index contributed by atoms with van der Waals surface area (Å²) < 4.78 is 4.77. The smallest absolute Gasteiger partial charge is 0.337 e. The number of nitrogen functional groups attached to an aromatic ring is 1. The van der Waals surface area contributed by atoms with Gasteiger partial charge in [0.15, 0.2) is 0 Å². The highest BCUT2D eigenvalue weighted by Gasteiger charge is 2.27. The highest BCUT2D eigenvalue weighted by atomic mass is 16.5. The molecule has 0 aromatic heterocycles. The minimum atomic E-state index is -0.478. The van der Waals surface area contributed by atoms with E-state index in [2.05, 4.69) is 16.0 Å². The Labute approximate surface area is 190 Å². The van der Waals surface area contributed by atoms with E-state index in [-0.39, 0.29) is 11.8 Å². The highest BCUT2D eigenvalue weighted by molar-refractivity contribution is 6.32. The van der Waals surface area contributed by atoms with Crippen LogP contribution in [0.1, 0.15) is 33.2 Å². The van der Waals surface area contributed by atoms with Crippen LogP contribution in [0.4, 0.5) is 22.7 Å². The lowest BCUT2D eigenvalue weighted by Crippen LogP contribution is -2.13. The van der Waals surface area contributed by atoms with Gasteiger partial charge < -0.3 is 26.4 Å². The van der Waals surface area contributed by atoms with Gasteiger partial charge in [0.25, 0.3) is 11.8 Å². The van der Waals surface area contributed by atoms with Gasteiger partial charge in [-0.15, -0.1) is 0 Å².